The third kappa shape index (κ3) is 6.86. The number of rotatable bonds is 8. The van der Waals surface area contributed by atoms with Crippen LogP contribution in [0, 0.1) is 0 Å². The van der Waals surface area contributed by atoms with Crippen LogP contribution in [-0.2, 0) is 12.8 Å². The number of anilines is 2. The van der Waals surface area contributed by atoms with Crippen molar-refractivity contribution >= 4 is 48.0 Å². The molecule has 9 heteroatoms. The Balaban J connectivity index is 0.00000221. The maximum atomic E-state index is 13.8. The minimum absolute atomic E-state index is 0. The van der Waals surface area contributed by atoms with Crippen LogP contribution in [0.5, 0.6) is 0 Å². The highest BCUT2D eigenvalue weighted by molar-refractivity contribution is 6.10. The van der Waals surface area contributed by atoms with Gasteiger partial charge in [-0.3, -0.25) is 9.59 Å². The number of para-hydroxylation sites is 1. The van der Waals surface area contributed by atoms with E-state index in [4.69, 9.17) is 10.7 Å². The molecule has 0 fully saturated rings. The van der Waals surface area contributed by atoms with Crippen LogP contribution in [0.15, 0.2) is 103 Å². The number of nitrogens with zero attached hydrogens (tertiary/aromatic N) is 2. The van der Waals surface area contributed by atoms with E-state index in [1.54, 1.807) is 24.3 Å². The average molecular weight is 629 g/mol. The summed E-state index contributed by atoms with van der Waals surface area (Å²) in [5.41, 5.74) is 13.0. The van der Waals surface area contributed by atoms with Gasteiger partial charge < -0.3 is 20.9 Å². The van der Waals surface area contributed by atoms with E-state index in [1.807, 2.05) is 83.8 Å². The summed E-state index contributed by atoms with van der Waals surface area (Å²) < 4.78 is 0. The van der Waals surface area contributed by atoms with E-state index in [2.05, 4.69) is 10.3 Å². The molecule has 0 bridgehead atoms. The summed E-state index contributed by atoms with van der Waals surface area (Å²) >= 11 is 0. The maximum absolute atomic E-state index is 13.8. The zero-order valence-electron chi connectivity index (χ0n) is 24.2. The Bertz CT molecular complexity index is 1720. The van der Waals surface area contributed by atoms with Gasteiger partial charge in [0.2, 0.25) is 0 Å². The molecule has 4 aromatic carbocycles. The fourth-order valence-electron chi connectivity index (χ4n) is 5.49. The Kier molecular flexibility index (Phi) is 11.0. The van der Waals surface area contributed by atoms with Gasteiger partial charge in [-0.05, 0) is 66.9 Å². The van der Waals surface area contributed by atoms with Crippen LogP contribution < -0.4 is 16.0 Å². The number of hydrogen-bond acceptors (Lipinski definition) is 4. The first-order valence-electron chi connectivity index (χ1n) is 14.4. The number of amides is 2. The lowest BCUT2D eigenvalue weighted by Gasteiger charge is -2.23. The van der Waals surface area contributed by atoms with E-state index in [-0.39, 0.29) is 36.6 Å². The van der Waals surface area contributed by atoms with Gasteiger partial charge in [0.1, 0.15) is 5.82 Å². The predicted octanol–water partition coefficient (Wildman–Crippen LogP) is 7.32. The summed E-state index contributed by atoms with van der Waals surface area (Å²) in [6.45, 7) is 1.21. The molecule has 6 rings (SSSR count). The summed E-state index contributed by atoms with van der Waals surface area (Å²) in [4.78, 5) is 37.2. The van der Waals surface area contributed by atoms with E-state index in [9.17, 15) is 9.59 Å². The van der Waals surface area contributed by atoms with Gasteiger partial charge in [-0.15, -0.1) is 24.8 Å². The number of carbonyl (C=O) groups is 2. The molecular formula is C35H35Cl2N5O2. The first-order valence-corrected chi connectivity index (χ1v) is 14.4. The van der Waals surface area contributed by atoms with Gasteiger partial charge in [0.05, 0.1) is 11.4 Å². The normalized spacial score (nSPS) is 11.7. The van der Waals surface area contributed by atoms with Crippen molar-refractivity contribution in [1.82, 2.24) is 9.97 Å². The molecule has 0 unspecified atom stereocenters. The van der Waals surface area contributed by atoms with Crippen molar-refractivity contribution in [2.45, 2.75) is 25.7 Å². The van der Waals surface area contributed by atoms with E-state index in [0.717, 1.165) is 58.9 Å². The van der Waals surface area contributed by atoms with Gasteiger partial charge in [0.25, 0.3) is 11.8 Å². The smallest absolute Gasteiger partial charge is 0.258 e. The second-order valence-corrected chi connectivity index (χ2v) is 10.4. The Labute approximate surface area is 269 Å². The Hall–Kier alpha value is -4.43. The van der Waals surface area contributed by atoms with Crippen molar-refractivity contribution < 1.29 is 9.59 Å². The van der Waals surface area contributed by atoms with Crippen molar-refractivity contribution in [1.29, 1.82) is 0 Å². The van der Waals surface area contributed by atoms with Crippen molar-refractivity contribution in [3.05, 3.63) is 126 Å². The van der Waals surface area contributed by atoms with Crippen LogP contribution in [0.25, 0.3) is 22.4 Å². The zero-order valence-corrected chi connectivity index (χ0v) is 25.8. The molecule has 1 aromatic heterocycles. The number of H-pyrrole nitrogens is 1. The number of carbonyl (C=O) groups excluding carboxylic acids is 2. The van der Waals surface area contributed by atoms with Gasteiger partial charge in [-0.1, -0.05) is 66.7 Å². The summed E-state index contributed by atoms with van der Waals surface area (Å²) in [5, 5.41) is 2.99. The monoisotopic (exact) mass is 627 g/mol. The highest BCUT2D eigenvalue weighted by Crippen LogP contribution is 2.36. The highest BCUT2D eigenvalue weighted by atomic mass is 35.5. The van der Waals surface area contributed by atoms with E-state index in [0.29, 0.717) is 36.3 Å². The minimum Gasteiger partial charge on any atom is -0.345 e. The van der Waals surface area contributed by atoms with Crippen LogP contribution in [0.2, 0.25) is 0 Å². The molecule has 44 heavy (non-hydrogen) atoms. The number of aromatic nitrogens is 2. The molecule has 5 aromatic rings. The first kappa shape index (κ1) is 32.5. The van der Waals surface area contributed by atoms with E-state index in [1.165, 1.54) is 0 Å². The molecule has 0 aliphatic carbocycles. The van der Waals surface area contributed by atoms with Gasteiger partial charge in [-0.2, -0.15) is 0 Å². The Morgan fingerprint density at radius 3 is 2.25 bits per heavy atom. The van der Waals surface area contributed by atoms with Gasteiger partial charge in [0.15, 0.2) is 0 Å². The zero-order chi connectivity index (χ0) is 28.9. The number of halogens is 2. The summed E-state index contributed by atoms with van der Waals surface area (Å²) in [7, 11) is 0. The maximum Gasteiger partial charge on any atom is 0.258 e. The fourth-order valence-corrected chi connectivity index (χ4v) is 5.49. The average Bonchev–Trinajstić information content (AvgIpc) is 3.38. The SMILES string of the molecule is Cl.Cl.NCCCCc1nc2c([nH]1)CCN(C(=O)c1ccc(NC(=O)c3ccccc3-c3ccccc3)cc1)c1ccccc1-2. The molecule has 0 saturated heterocycles. The third-order valence-corrected chi connectivity index (χ3v) is 7.62. The molecule has 1 aliphatic rings. The first-order chi connectivity index (χ1) is 20.6. The predicted molar refractivity (Wildman–Crippen MR) is 182 cm³/mol. The van der Waals surface area contributed by atoms with Crippen LogP contribution in [-0.4, -0.2) is 34.9 Å². The molecular weight excluding hydrogens is 593 g/mol. The van der Waals surface area contributed by atoms with Crippen molar-refractivity contribution in [2.24, 2.45) is 5.73 Å². The lowest BCUT2D eigenvalue weighted by molar-refractivity contribution is 0.0986. The molecule has 0 spiro atoms. The Morgan fingerprint density at radius 2 is 1.50 bits per heavy atom. The van der Waals surface area contributed by atoms with Crippen molar-refractivity contribution in [2.75, 3.05) is 23.3 Å². The minimum atomic E-state index is -0.203. The van der Waals surface area contributed by atoms with E-state index >= 15 is 0 Å². The van der Waals surface area contributed by atoms with Crippen LogP contribution in [0.1, 0.15) is 45.1 Å². The molecule has 7 nitrogen and oxygen atoms in total. The number of nitrogens with one attached hydrogen (secondary N) is 2. The van der Waals surface area contributed by atoms with Crippen LogP contribution in [0.3, 0.4) is 0 Å². The topological polar surface area (TPSA) is 104 Å². The quantitative estimate of drug-likeness (QED) is 0.157. The Morgan fingerprint density at radius 1 is 0.818 bits per heavy atom. The van der Waals surface area contributed by atoms with E-state index < -0.39 is 0 Å². The molecule has 0 atom stereocenters. The number of benzene rings is 4. The van der Waals surface area contributed by atoms with Gasteiger partial charge in [0, 0.05) is 47.5 Å². The molecule has 2 heterocycles. The summed E-state index contributed by atoms with van der Waals surface area (Å²) in [6, 6.07) is 32.4. The lowest BCUT2D eigenvalue weighted by atomic mass is 9.99. The second kappa shape index (κ2) is 14.8. The van der Waals surface area contributed by atoms with Crippen molar-refractivity contribution in [3.8, 4) is 22.4 Å². The number of aromatic amines is 1. The van der Waals surface area contributed by atoms with Crippen molar-refractivity contribution in [3.63, 3.8) is 0 Å². The summed E-state index contributed by atoms with van der Waals surface area (Å²) in [5.74, 6) is 0.668. The van der Waals surface area contributed by atoms with Crippen LogP contribution >= 0.6 is 24.8 Å². The van der Waals surface area contributed by atoms with Gasteiger partial charge in [-0.25, -0.2) is 4.98 Å². The third-order valence-electron chi connectivity index (χ3n) is 7.62. The molecule has 1 aliphatic heterocycles. The fraction of sp³-hybridized carbons (Fsp3) is 0.171. The number of imidazole rings is 1. The largest absolute Gasteiger partial charge is 0.345 e. The molecule has 226 valence electrons. The second-order valence-electron chi connectivity index (χ2n) is 10.4. The number of unbranched alkanes of at least 4 members (excludes halogenated alkanes) is 1. The molecule has 0 saturated carbocycles. The molecule has 0 radical (unpaired) electrons. The highest BCUT2D eigenvalue weighted by Gasteiger charge is 2.27. The van der Waals surface area contributed by atoms with Gasteiger partial charge >= 0.3 is 0 Å². The standard InChI is InChI=1S/C35H33N5O2.2ClH/c36-22-9-8-16-32-38-30-21-23-40(31-15-7-6-14-29(31)33(30)39-32)35(42)25-17-19-26(20-18-25)37-34(41)28-13-5-4-12-27(28)24-10-2-1-3-11-24;;/h1-7,10-15,17-20H,8-9,16,21-23,36H2,(H,37,41)(H,38,39);2*1H. The van der Waals surface area contributed by atoms with Crippen LogP contribution in [0.4, 0.5) is 11.4 Å². The number of nitrogens with two attached hydrogens (primary N) is 1. The number of fused-ring (bicyclic) bond motifs is 3. The molecule has 2 amide bonds. The number of hydrogen-bond donors (Lipinski definition) is 3. The molecule has 4 N–H and O–H groups in total. The lowest BCUT2D eigenvalue weighted by Crippen LogP contribution is -2.32. The summed E-state index contributed by atoms with van der Waals surface area (Å²) in [6.07, 6.45) is 3.49. The number of aryl methyl sites for hydroxylation is 1.